The molecule has 0 saturated carbocycles. The van der Waals surface area contributed by atoms with Gasteiger partial charge < -0.3 is 10.1 Å². The lowest BCUT2D eigenvalue weighted by Crippen LogP contribution is -2.20. The standard InChI is InChI=1S/C20H21NO5S/c1-14-3-2-4-15(11-14)12-19(22)21-17-5-7-18(8-6-17)27(24,25)13-16-9-10-26-20(16)23/h2-8,11,16H,9-10,12-13H2,1H3,(H,21,22). The number of amides is 1. The number of carbonyl (C=O) groups is 2. The fourth-order valence-electron chi connectivity index (χ4n) is 3.01. The molecule has 1 atom stereocenters. The van der Waals surface area contributed by atoms with Gasteiger partial charge in [-0.15, -0.1) is 0 Å². The minimum Gasteiger partial charge on any atom is -0.465 e. The van der Waals surface area contributed by atoms with E-state index in [0.717, 1.165) is 11.1 Å². The highest BCUT2D eigenvalue weighted by Crippen LogP contribution is 2.22. The number of hydrogen-bond acceptors (Lipinski definition) is 5. The zero-order valence-electron chi connectivity index (χ0n) is 15.0. The zero-order valence-corrected chi connectivity index (χ0v) is 15.8. The van der Waals surface area contributed by atoms with Gasteiger partial charge in [-0.25, -0.2) is 8.42 Å². The molecule has 27 heavy (non-hydrogen) atoms. The predicted molar refractivity (Wildman–Crippen MR) is 101 cm³/mol. The fourth-order valence-corrected chi connectivity index (χ4v) is 4.58. The summed E-state index contributed by atoms with van der Waals surface area (Å²) in [5.41, 5.74) is 2.52. The van der Waals surface area contributed by atoms with Crippen LogP contribution in [-0.2, 0) is 30.6 Å². The van der Waals surface area contributed by atoms with Crippen LogP contribution in [0.15, 0.2) is 53.4 Å². The molecule has 1 aliphatic heterocycles. The van der Waals surface area contributed by atoms with Crippen molar-refractivity contribution in [2.75, 3.05) is 17.7 Å². The predicted octanol–water partition coefficient (Wildman–Crippen LogP) is 2.51. The summed E-state index contributed by atoms with van der Waals surface area (Å²) in [6.07, 6.45) is 0.663. The van der Waals surface area contributed by atoms with Crippen LogP contribution in [0.2, 0.25) is 0 Å². The number of rotatable bonds is 6. The second-order valence-corrected chi connectivity index (χ2v) is 8.71. The van der Waals surface area contributed by atoms with Gasteiger partial charge in [-0.1, -0.05) is 29.8 Å². The molecule has 0 bridgehead atoms. The summed E-state index contributed by atoms with van der Waals surface area (Å²) < 4.78 is 29.7. The maximum atomic E-state index is 12.4. The molecule has 142 valence electrons. The van der Waals surface area contributed by atoms with Crippen molar-refractivity contribution in [2.24, 2.45) is 5.92 Å². The number of ether oxygens (including phenoxy) is 1. The maximum absolute atomic E-state index is 12.4. The van der Waals surface area contributed by atoms with E-state index in [-0.39, 0.29) is 29.6 Å². The van der Waals surface area contributed by atoms with Gasteiger partial charge >= 0.3 is 5.97 Å². The number of hydrogen-bond donors (Lipinski definition) is 1. The molecule has 0 radical (unpaired) electrons. The molecule has 1 unspecified atom stereocenters. The van der Waals surface area contributed by atoms with Crippen molar-refractivity contribution in [1.82, 2.24) is 0 Å². The Hall–Kier alpha value is -2.67. The average molecular weight is 387 g/mol. The minimum absolute atomic E-state index is 0.124. The van der Waals surface area contributed by atoms with Crippen LogP contribution in [0.25, 0.3) is 0 Å². The van der Waals surface area contributed by atoms with Gasteiger partial charge in [0, 0.05) is 5.69 Å². The molecule has 1 heterocycles. The smallest absolute Gasteiger partial charge is 0.310 e. The normalized spacial score (nSPS) is 16.8. The van der Waals surface area contributed by atoms with Gasteiger partial charge in [0.1, 0.15) is 0 Å². The number of sulfone groups is 1. The maximum Gasteiger partial charge on any atom is 0.310 e. The van der Waals surface area contributed by atoms with Gasteiger partial charge in [0.15, 0.2) is 9.84 Å². The van der Waals surface area contributed by atoms with Crippen LogP contribution in [0.1, 0.15) is 17.5 Å². The third-order valence-electron chi connectivity index (χ3n) is 4.41. The van der Waals surface area contributed by atoms with Crippen molar-refractivity contribution in [3.8, 4) is 0 Å². The summed E-state index contributed by atoms with van der Waals surface area (Å²) in [4.78, 5) is 23.8. The van der Waals surface area contributed by atoms with Crippen molar-refractivity contribution < 1.29 is 22.7 Å². The lowest BCUT2D eigenvalue weighted by molar-refractivity contribution is -0.140. The Bertz CT molecular complexity index is 951. The Labute approximate surface area is 158 Å². The molecule has 2 aromatic rings. The molecular weight excluding hydrogens is 366 g/mol. The van der Waals surface area contributed by atoms with E-state index in [1.54, 1.807) is 12.1 Å². The number of carbonyl (C=O) groups excluding carboxylic acids is 2. The van der Waals surface area contributed by atoms with Gasteiger partial charge in [-0.2, -0.15) is 0 Å². The first-order chi connectivity index (χ1) is 12.8. The van der Waals surface area contributed by atoms with Crippen LogP contribution < -0.4 is 5.32 Å². The quantitative estimate of drug-likeness (QED) is 0.770. The van der Waals surface area contributed by atoms with E-state index in [0.29, 0.717) is 12.1 Å². The molecule has 3 rings (SSSR count). The van der Waals surface area contributed by atoms with E-state index >= 15 is 0 Å². The largest absolute Gasteiger partial charge is 0.465 e. The van der Waals surface area contributed by atoms with Crippen LogP contribution in [0.5, 0.6) is 0 Å². The fraction of sp³-hybridized carbons (Fsp3) is 0.300. The first-order valence-corrected chi connectivity index (χ1v) is 10.3. The number of nitrogens with one attached hydrogen (secondary N) is 1. The average Bonchev–Trinajstić information content (AvgIpc) is 2.99. The summed E-state index contributed by atoms with van der Waals surface area (Å²) in [5.74, 6) is -1.50. The SMILES string of the molecule is Cc1cccc(CC(=O)Nc2ccc(S(=O)(=O)CC3CCOC3=O)cc2)c1. The highest BCUT2D eigenvalue weighted by molar-refractivity contribution is 7.91. The van der Waals surface area contributed by atoms with Crippen LogP contribution in [0.4, 0.5) is 5.69 Å². The number of esters is 1. The minimum atomic E-state index is -3.59. The van der Waals surface area contributed by atoms with Gasteiger partial charge in [-0.05, 0) is 43.2 Å². The summed E-state index contributed by atoms with van der Waals surface area (Å²) >= 11 is 0. The van der Waals surface area contributed by atoms with Crippen molar-refractivity contribution in [3.05, 3.63) is 59.7 Å². The molecule has 1 amide bonds. The number of anilines is 1. The Balaban J connectivity index is 1.62. The molecule has 1 aliphatic rings. The van der Waals surface area contributed by atoms with Gasteiger partial charge in [-0.3, -0.25) is 9.59 Å². The van der Waals surface area contributed by atoms with E-state index in [4.69, 9.17) is 4.74 Å². The van der Waals surface area contributed by atoms with Crippen LogP contribution in [0, 0.1) is 12.8 Å². The molecule has 0 spiro atoms. The Kier molecular flexibility index (Phi) is 5.60. The molecule has 7 heteroatoms. The van der Waals surface area contributed by atoms with Crippen molar-refractivity contribution >= 4 is 27.4 Å². The van der Waals surface area contributed by atoms with Crippen LogP contribution in [0.3, 0.4) is 0 Å². The van der Waals surface area contributed by atoms with Gasteiger partial charge in [0.25, 0.3) is 0 Å². The van der Waals surface area contributed by atoms with Crippen molar-refractivity contribution in [2.45, 2.75) is 24.7 Å². The summed E-state index contributed by atoms with van der Waals surface area (Å²) in [6.45, 7) is 2.23. The second kappa shape index (κ2) is 7.92. The van der Waals surface area contributed by atoms with Crippen LogP contribution >= 0.6 is 0 Å². The third kappa shape index (κ3) is 4.95. The third-order valence-corrected chi connectivity index (χ3v) is 6.24. The summed E-state index contributed by atoms with van der Waals surface area (Å²) in [7, 11) is -3.59. The van der Waals surface area contributed by atoms with E-state index in [1.165, 1.54) is 12.1 Å². The number of benzene rings is 2. The van der Waals surface area contributed by atoms with Crippen molar-refractivity contribution in [3.63, 3.8) is 0 Å². The summed E-state index contributed by atoms with van der Waals surface area (Å²) in [6, 6.07) is 13.7. The molecule has 2 aromatic carbocycles. The lowest BCUT2D eigenvalue weighted by atomic mass is 10.1. The number of aryl methyl sites for hydroxylation is 1. The Morgan fingerprint density at radius 1 is 1.19 bits per heavy atom. The van der Waals surface area contributed by atoms with E-state index in [9.17, 15) is 18.0 Å². The summed E-state index contributed by atoms with van der Waals surface area (Å²) in [5, 5.41) is 2.76. The second-order valence-electron chi connectivity index (χ2n) is 6.67. The van der Waals surface area contributed by atoms with E-state index < -0.39 is 21.7 Å². The topological polar surface area (TPSA) is 89.5 Å². The lowest BCUT2D eigenvalue weighted by Gasteiger charge is -2.09. The zero-order chi connectivity index (χ0) is 19.4. The van der Waals surface area contributed by atoms with Gasteiger partial charge in [0.2, 0.25) is 5.91 Å². The first-order valence-electron chi connectivity index (χ1n) is 8.68. The molecular formula is C20H21NO5S. The molecule has 0 aliphatic carbocycles. The van der Waals surface area contributed by atoms with Gasteiger partial charge in [0.05, 0.1) is 29.6 Å². The molecule has 1 N–H and O–H groups in total. The van der Waals surface area contributed by atoms with Crippen molar-refractivity contribution in [1.29, 1.82) is 0 Å². The molecule has 1 saturated heterocycles. The molecule has 6 nitrogen and oxygen atoms in total. The highest BCUT2D eigenvalue weighted by atomic mass is 32.2. The number of cyclic esters (lactones) is 1. The van der Waals surface area contributed by atoms with E-state index in [2.05, 4.69) is 5.32 Å². The Morgan fingerprint density at radius 2 is 1.93 bits per heavy atom. The first kappa shape index (κ1) is 19.1. The highest BCUT2D eigenvalue weighted by Gasteiger charge is 2.32. The monoisotopic (exact) mass is 387 g/mol. The molecule has 0 aromatic heterocycles. The van der Waals surface area contributed by atoms with Crippen LogP contribution in [-0.4, -0.2) is 32.7 Å². The Morgan fingerprint density at radius 3 is 2.56 bits per heavy atom. The molecule has 1 fully saturated rings. The van der Waals surface area contributed by atoms with E-state index in [1.807, 2.05) is 31.2 Å².